The molecule has 1 aromatic rings. The lowest BCUT2D eigenvalue weighted by molar-refractivity contribution is 0.335. The van der Waals surface area contributed by atoms with E-state index in [-0.39, 0.29) is 0 Å². The van der Waals surface area contributed by atoms with Crippen LogP contribution in [0.15, 0.2) is 35.3 Å². The molecule has 0 radical (unpaired) electrons. The molecule has 0 unspecified atom stereocenters. The van der Waals surface area contributed by atoms with Crippen LogP contribution in [0.3, 0.4) is 0 Å². The number of likely N-dealkylation sites (tertiary alicyclic amines) is 1. The van der Waals surface area contributed by atoms with Crippen LogP contribution in [0.4, 0.5) is 0 Å². The van der Waals surface area contributed by atoms with Gasteiger partial charge in [-0.2, -0.15) is 0 Å². The zero-order valence-electron chi connectivity index (χ0n) is 9.32. The summed E-state index contributed by atoms with van der Waals surface area (Å²) >= 11 is 0. The number of nitrogens with zero attached hydrogens (tertiary/aromatic N) is 2. The lowest BCUT2D eigenvalue weighted by Crippen LogP contribution is -2.30. The van der Waals surface area contributed by atoms with Gasteiger partial charge in [0.05, 0.1) is 6.54 Å². The third-order valence-electron chi connectivity index (χ3n) is 2.89. The highest BCUT2D eigenvalue weighted by Gasteiger charge is 2.10. The van der Waals surface area contributed by atoms with E-state index in [0.717, 1.165) is 32.5 Å². The van der Waals surface area contributed by atoms with Crippen molar-refractivity contribution in [3.63, 3.8) is 0 Å². The molecule has 2 nitrogen and oxygen atoms in total. The first-order chi connectivity index (χ1) is 7.34. The topological polar surface area (TPSA) is 15.6 Å². The molecule has 2 heteroatoms. The monoisotopic (exact) mass is 202 g/mol. The maximum Gasteiger partial charge on any atom is 0.0639 e. The zero-order chi connectivity index (χ0) is 10.5. The smallest absolute Gasteiger partial charge is 0.0639 e. The van der Waals surface area contributed by atoms with Crippen molar-refractivity contribution in [3.8, 4) is 0 Å². The highest BCUT2D eigenvalue weighted by molar-refractivity contribution is 5.85. The van der Waals surface area contributed by atoms with Gasteiger partial charge in [-0.1, -0.05) is 30.3 Å². The van der Waals surface area contributed by atoms with Gasteiger partial charge in [-0.15, -0.1) is 0 Å². The Balaban J connectivity index is 1.89. The maximum atomic E-state index is 4.68. The Morgan fingerprint density at radius 3 is 2.47 bits per heavy atom. The second-order valence-electron chi connectivity index (χ2n) is 4.17. The molecule has 1 aliphatic heterocycles. The lowest BCUT2D eigenvalue weighted by atomic mass is 10.1. The van der Waals surface area contributed by atoms with E-state index in [1.807, 2.05) is 6.07 Å². The van der Waals surface area contributed by atoms with Gasteiger partial charge in [0, 0.05) is 18.8 Å². The predicted molar refractivity (Wildman–Crippen MR) is 64.3 cm³/mol. The molecule has 1 aliphatic rings. The third kappa shape index (κ3) is 3.17. The molecule has 0 atom stereocenters. The predicted octanol–water partition coefficient (Wildman–Crippen LogP) is 2.35. The van der Waals surface area contributed by atoms with Gasteiger partial charge in [-0.3, -0.25) is 4.99 Å². The summed E-state index contributed by atoms with van der Waals surface area (Å²) in [5.74, 6) is 0. The van der Waals surface area contributed by atoms with Gasteiger partial charge in [-0.05, 0) is 25.5 Å². The number of aliphatic imine (C=N–C) groups is 1. The minimum Gasteiger partial charge on any atom is -0.306 e. The fourth-order valence-electron chi connectivity index (χ4n) is 1.82. The number of hydrogen-bond acceptors (Lipinski definition) is 2. The largest absolute Gasteiger partial charge is 0.306 e. The number of piperidine rings is 1. The molecule has 15 heavy (non-hydrogen) atoms. The summed E-state index contributed by atoms with van der Waals surface area (Å²) < 4.78 is 0. The van der Waals surface area contributed by atoms with E-state index in [1.165, 1.54) is 11.3 Å². The van der Waals surface area contributed by atoms with Crippen molar-refractivity contribution < 1.29 is 0 Å². The summed E-state index contributed by atoms with van der Waals surface area (Å²) in [5, 5.41) is 0. The quantitative estimate of drug-likeness (QED) is 0.718. The summed E-state index contributed by atoms with van der Waals surface area (Å²) in [6, 6.07) is 10.5. The SMILES string of the molecule is CN1CCC(=NCc2ccccc2)CC1. The lowest BCUT2D eigenvalue weighted by Gasteiger charge is -2.23. The summed E-state index contributed by atoms with van der Waals surface area (Å²) in [6.45, 7) is 3.17. The number of benzene rings is 1. The Hall–Kier alpha value is -1.15. The van der Waals surface area contributed by atoms with Crippen molar-refractivity contribution in [2.45, 2.75) is 19.4 Å². The molecule has 80 valence electrons. The van der Waals surface area contributed by atoms with Crippen molar-refractivity contribution in [1.82, 2.24) is 4.90 Å². The molecular formula is C13H18N2. The zero-order valence-corrected chi connectivity index (χ0v) is 9.32. The fraction of sp³-hybridized carbons (Fsp3) is 0.462. The first kappa shape index (κ1) is 10.4. The van der Waals surface area contributed by atoms with Crippen LogP contribution < -0.4 is 0 Å². The van der Waals surface area contributed by atoms with Gasteiger partial charge in [-0.25, -0.2) is 0 Å². The van der Waals surface area contributed by atoms with Crippen molar-refractivity contribution in [2.24, 2.45) is 4.99 Å². The van der Waals surface area contributed by atoms with Crippen LogP contribution in [0.1, 0.15) is 18.4 Å². The molecule has 2 rings (SSSR count). The van der Waals surface area contributed by atoms with Crippen LogP contribution in [0, 0.1) is 0 Å². The molecule has 0 spiro atoms. The standard InChI is InChI=1S/C13H18N2/c1-15-9-7-13(8-10-15)14-11-12-5-3-2-4-6-12/h2-6H,7-11H2,1H3. The van der Waals surface area contributed by atoms with Gasteiger partial charge in [0.2, 0.25) is 0 Å². The van der Waals surface area contributed by atoms with Crippen molar-refractivity contribution in [2.75, 3.05) is 20.1 Å². The average molecular weight is 202 g/mol. The fourth-order valence-corrected chi connectivity index (χ4v) is 1.82. The number of rotatable bonds is 2. The van der Waals surface area contributed by atoms with E-state index in [1.54, 1.807) is 0 Å². The van der Waals surface area contributed by atoms with Gasteiger partial charge in [0.15, 0.2) is 0 Å². The first-order valence-electron chi connectivity index (χ1n) is 5.59. The summed E-state index contributed by atoms with van der Waals surface area (Å²) in [4.78, 5) is 7.04. The Morgan fingerprint density at radius 2 is 1.80 bits per heavy atom. The highest BCUT2D eigenvalue weighted by atomic mass is 15.1. The minimum atomic E-state index is 0.847. The number of hydrogen-bond donors (Lipinski definition) is 0. The molecule has 0 saturated carbocycles. The van der Waals surface area contributed by atoms with Crippen LogP contribution in [0.2, 0.25) is 0 Å². The first-order valence-corrected chi connectivity index (χ1v) is 5.59. The van der Waals surface area contributed by atoms with Gasteiger partial charge >= 0.3 is 0 Å². The van der Waals surface area contributed by atoms with Crippen molar-refractivity contribution in [3.05, 3.63) is 35.9 Å². The molecule has 1 heterocycles. The van der Waals surface area contributed by atoms with E-state index in [9.17, 15) is 0 Å². The van der Waals surface area contributed by atoms with Crippen LogP contribution in [0.5, 0.6) is 0 Å². The molecule has 0 N–H and O–H groups in total. The van der Waals surface area contributed by atoms with Gasteiger partial charge in [0.1, 0.15) is 0 Å². The van der Waals surface area contributed by atoms with E-state index in [2.05, 4.69) is 41.2 Å². The summed E-state index contributed by atoms with van der Waals surface area (Å²) in [6.07, 6.45) is 2.28. The van der Waals surface area contributed by atoms with E-state index < -0.39 is 0 Å². The Kier molecular flexibility index (Phi) is 3.51. The second-order valence-corrected chi connectivity index (χ2v) is 4.17. The van der Waals surface area contributed by atoms with Crippen LogP contribution in [-0.4, -0.2) is 30.7 Å². The molecule has 1 fully saturated rings. The second kappa shape index (κ2) is 5.08. The van der Waals surface area contributed by atoms with Crippen LogP contribution in [-0.2, 0) is 6.54 Å². The van der Waals surface area contributed by atoms with Gasteiger partial charge in [0.25, 0.3) is 0 Å². The van der Waals surface area contributed by atoms with Crippen molar-refractivity contribution in [1.29, 1.82) is 0 Å². The molecular weight excluding hydrogens is 184 g/mol. The molecule has 0 bridgehead atoms. The van der Waals surface area contributed by atoms with Crippen LogP contribution in [0.25, 0.3) is 0 Å². The normalized spacial score (nSPS) is 17.8. The third-order valence-corrected chi connectivity index (χ3v) is 2.89. The molecule has 1 saturated heterocycles. The Bertz CT molecular complexity index is 320. The summed E-state index contributed by atoms with van der Waals surface area (Å²) in [7, 11) is 2.17. The average Bonchev–Trinajstić information content (AvgIpc) is 2.30. The maximum absolute atomic E-state index is 4.68. The molecule has 0 aliphatic carbocycles. The van der Waals surface area contributed by atoms with E-state index >= 15 is 0 Å². The Morgan fingerprint density at radius 1 is 1.13 bits per heavy atom. The van der Waals surface area contributed by atoms with Crippen LogP contribution >= 0.6 is 0 Å². The minimum absolute atomic E-state index is 0.847. The van der Waals surface area contributed by atoms with Gasteiger partial charge < -0.3 is 4.90 Å². The molecule has 1 aromatic carbocycles. The molecule has 0 aromatic heterocycles. The Labute approximate surface area is 91.6 Å². The van der Waals surface area contributed by atoms with E-state index in [4.69, 9.17) is 0 Å². The summed E-state index contributed by atoms with van der Waals surface area (Å²) in [5.41, 5.74) is 2.70. The highest BCUT2D eigenvalue weighted by Crippen LogP contribution is 2.07. The molecule has 0 amide bonds. The van der Waals surface area contributed by atoms with Crippen molar-refractivity contribution >= 4 is 5.71 Å². The van der Waals surface area contributed by atoms with E-state index in [0.29, 0.717) is 0 Å².